The highest BCUT2D eigenvalue weighted by Crippen LogP contribution is 2.48. The number of nitrogens with zero attached hydrogens (tertiary/aromatic N) is 2. The summed E-state index contributed by atoms with van der Waals surface area (Å²) >= 11 is 1.21. The van der Waals surface area contributed by atoms with E-state index in [-0.39, 0.29) is 5.76 Å². The second-order valence-electron chi connectivity index (χ2n) is 6.82. The van der Waals surface area contributed by atoms with Crippen molar-refractivity contribution in [1.82, 2.24) is 10.2 Å². The molecule has 2 heterocycles. The van der Waals surface area contributed by atoms with Crippen molar-refractivity contribution in [1.29, 1.82) is 0 Å². The van der Waals surface area contributed by atoms with Gasteiger partial charge in [-0.15, -0.1) is 0 Å². The largest absolute Gasteiger partial charge is 0.433 e. The maximum atomic E-state index is 12.9. The monoisotopic (exact) mass is 416 g/mol. The molecule has 2 aromatic rings. The minimum atomic E-state index is -1.35. The maximum Gasteiger partial charge on any atom is 0.433 e. The zero-order valence-corrected chi connectivity index (χ0v) is 17.1. The summed E-state index contributed by atoms with van der Waals surface area (Å²) in [5.74, 6) is -1.50. The first-order valence-corrected chi connectivity index (χ1v) is 9.54. The summed E-state index contributed by atoms with van der Waals surface area (Å²) in [4.78, 5) is 35.4. The Morgan fingerprint density at radius 3 is 2.34 bits per heavy atom. The summed E-state index contributed by atoms with van der Waals surface area (Å²) in [5, 5.41) is 15.4. The average Bonchev–Trinajstić information content (AvgIpc) is 3.20. The lowest BCUT2D eigenvalue weighted by Crippen LogP contribution is -2.57. The van der Waals surface area contributed by atoms with Gasteiger partial charge in [-0.1, -0.05) is 29.5 Å². The fraction of sp³-hybridized carbons (Fsp3) is 0.263. The smallest absolute Gasteiger partial charge is 0.395 e. The van der Waals surface area contributed by atoms with Crippen LogP contribution in [-0.2, 0) is 4.99 Å². The SMILES string of the molecule is CC1=CSC(NC(=O)c2ccc([N+](=O)[O-])o2)(c2c(C)cc(C)cc2C)N1C(N)=O. The fourth-order valence-corrected chi connectivity index (χ4v) is 5.03. The molecule has 0 radical (unpaired) electrons. The van der Waals surface area contributed by atoms with E-state index in [1.165, 1.54) is 22.7 Å². The van der Waals surface area contributed by atoms with E-state index in [2.05, 4.69) is 5.32 Å². The number of nitrogens with one attached hydrogen (secondary N) is 1. The van der Waals surface area contributed by atoms with Crippen molar-refractivity contribution < 1.29 is 18.9 Å². The predicted molar refractivity (Wildman–Crippen MR) is 108 cm³/mol. The Labute approximate surface area is 171 Å². The number of urea groups is 1. The van der Waals surface area contributed by atoms with Crippen LogP contribution in [-0.4, -0.2) is 21.8 Å². The minimum Gasteiger partial charge on any atom is -0.395 e. The first-order chi connectivity index (χ1) is 13.6. The summed E-state index contributed by atoms with van der Waals surface area (Å²) in [7, 11) is 0. The molecule has 0 aliphatic carbocycles. The van der Waals surface area contributed by atoms with Gasteiger partial charge >= 0.3 is 11.9 Å². The summed E-state index contributed by atoms with van der Waals surface area (Å²) < 4.78 is 5.03. The van der Waals surface area contributed by atoms with Crippen LogP contribution in [0.2, 0.25) is 0 Å². The molecule has 3 amide bonds. The Balaban J connectivity index is 2.13. The van der Waals surface area contributed by atoms with Crippen molar-refractivity contribution in [3.8, 4) is 0 Å². The van der Waals surface area contributed by atoms with Crippen molar-refractivity contribution in [3.05, 3.63) is 73.5 Å². The van der Waals surface area contributed by atoms with Gasteiger partial charge in [-0.25, -0.2) is 4.79 Å². The summed E-state index contributed by atoms with van der Waals surface area (Å²) in [5.41, 5.74) is 9.67. The van der Waals surface area contributed by atoms with Gasteiger partial charge in [-0.2, -0.15) is 0 Å². The quantitative estimate of drug-likeness (QED) is 0.578. The van der Waals surface area contributed by atoms with E-state index in [9.17, 15) is 19.7 Å². The Kier molecular flexibility index (Phi) is 5.14. The van der Waals surface area contributed by atoms with Gasteiger partial charge < -0.3 is 15.5 Å². The molecule has 1 aliphatic heterocycles. The molecule has 3 rings (SSSR count). The number of nitrogens with two attached hydrogens (primary N) is 1. The maximum absolute atomic E-state index is 12.9. The van der Waals surface area contributed by atoms with Crippen molar-refractivity contribution in [2.75, 3.05) is 0 Å². The molecule has 0 bridgehead atoms. The molecule has 1 atom stereocenters. The number of hydrogen-bond acceptors (Lipinski definition) is 6. The van der Waals surface area contributed by atoms with Crippen LogP contribution in [0.3, 0.4) is 0 Å². The standard InChI is InChI=1S/C19H20N4O5S/c1-10-7-11(2)16(12(3)8-10)19(22(18(20)25)13(4)9-29-19)21-17(24)14-5-6-15(28-14)23(26)27/h5-9H,1-4H3,(H2,20,25)(H,21,24). The lowest BCUT2D eigenvalue weighted by Gasteiger charge is -2.40. The lowest BCUT2D eigenvalue weighted by atomic mass is 9.96. The van der Waals surface area contributed by atoms with Gasteiger partial charge in [0, 0.05) is 11.3 Å². The molecule has 3 N–H and O–H groups in total. The third kappa shape index (κ3) is 3.46. The number of carbonyl (C=O) groups is 2. The van der Waals surface area contributed by atoms with Crippen molar-refractivity contribution >= 4 is 29.6 Å². The molecule has 152 valence electrons. The van der Waals surface area contributed by atoms with Crippen molar-refractivity contribution in [3.63, 3.8) is 0 Å². The number of nitro groups is 1. The van der Waals surface area contributed by atoms with Crippen LogP contribution < -0.4 is 11.1 Å². The van der Waals surface area contributed by atoms with E-state index in [4.69, 9.17) is 10.2 Å². The van der Waals surface area contributed by atoms with E-state index < -0.39 is 27.7 Å². The number of furan rings is 1. The van der Waals surface area contributed by atoms with Crippen LogP contribution in [0.25, 0.3) is 0 Å². The van der Waals surface area contributed by atoms with Crippen LogP contribution in [0.1, 0.15) is 39.7 Å². The summed E-state index contributed by atoms with van der Waals surface area (Å²) in [6.07, 6.45) is 0. The van der Waals surface area contributed by atoms with Crippen molar-refractivity contribution in [2.45, 2.75) is 32.7 Å². The number of aryl methyl sites for hydroxylation is 3. The molecule has 10 heteroatoms. The Morgan fingerprint density at radius 1 is 1.21 bits per heavy atom. The normalized spacial score (nSPS) is 18.5. The molecule has 9 nitrogen and oxygen atoms in total. The number of primary amides is 1. The highest BCUT2D eigenvalue weighted by atomic mass is 32.2. The Hall–Kier alpha value is -3.27. The number of benzene rings is 1. The number of thioether (sulfide) groups is 1. The van der Waals surface area contributed by atoms with Crippen LogP contribution in [0.15, 0.2) is 39.8 Å². The molecule has 1 aliphatic rings. The number of amides is 3. The van der Waals surface area contributed by atoms with Crippen LogP contribution in [0.5, 0.6) is 0 Å². The molecular formula is C19H20N4O5S. The molecule has 0 fully saturated rings. The van der Waals surface area contributed by atoms with Crippen molar-refractivity contribution in [2.24, 2.45) is 5.73 Å². The second-order valence-corrected chi connectivity index (χ2v) is 7.88. The molecule has 0 saturated heterocycles. The van der Waals surface area contributed by atoms with E-state index in [0.717, 1.165) is 22.8 Å². The number of allylic oxidation sites excluding steroid dienone is 1. The zero-order chi connectivity index (χ0) is 21.5. The molecule has 1 aromatic heterocycles. The van der Waals surface area contributed by atoms with E-state index >= 15 is 0 Å². The first-order valence-electron chi connectivity index (χ1n) is 8.66. The van der Waals surface area contributed by atoms with E-state index in [1.54, 1.807) is 12.3 Å². The van der Waals surface area contributed by atoms with Gasteiger partial charge in [0.05, 0.1) is 6.07 Å². The molecule has 1 unspecified atom stereocenters. The number of carbonyl (C=O) groups excluding carboxylic acids is 2. The van der Waals surface area contributed by atoms with E-state index in [0.29, 0.717) is 11.3 Å². The highest BCUT2D eigenvalue weighted by Gasteiger charge is 2.49. The first kappa shape index (κ1) is 20.5. The summed E-state index contributed by atoms with van der Waals surface area (Å²) in [6.45, 7) is 7.43. The zero-order valence-electron chi connectivity index (χ0n) is 16.3. The Morgan fingerprint density at radius 2 is 1.83 bits per heavy atom. The second kappa shape index (κ2) is 7.28. The highest BCUT2D eigenvalue weighted by molar-refractivity contribution is 8.03. The molecule has 29 heavy (non-hydrogen) atoms. The van der Waals surface area contributed by atoms with Gasteiger partial charge in [-0.3, -0.25) is 19.8 Å². The van der Waals surface area contributed by atoms with Crippen LogP contribution in [0.4, 0.5) is 10.7 Å². The topological polar surface area (TPSA) is 132 Å². The number of rotatable bonds is 4. The molecule has 0 spiro atoms. The van der Waals surface area contributed by atoms with Crippen LogP contribution in [0, 0.1) is 30.9 Å². The van der Waals surface area contributed by atoms with Gasteiger partial charge in [-0.05, 0) is 50.3 Å². The molecular weight excluding hydrogens is 396 g/mol. The summed E-state index contributed by atoms with van der Waals surface area (Å²) in [6, 6.07) is 5.46. The van der Waals surface area contributed by atoms with E-state index in [1.807, 2.05) is 32.9 Å². The lowest BCUT2D eigenvalue weighted by molar-refractivity contribution is -0.402. The van der Waals surface area contributed by atoms with Crippen LogP contribution >= 0.6 is 11.8 Å². The van der Waals surface area contributed by atoms with Gasteiger partial charge in [0.25, 0.3) is 5.91 Å². The molecule has 1 aromatic carbocycles. The molecule has 0 saturated carbocycles. The third-order valence-electron chi connectivity index (χ3n) is 4.58. The third-order valence-corrected chi connectivity index (χ3v) is 5.87. The minimum absolute atomic E-state index is 0.243. The van der Waals surface area contributed by atoms with Gasteiger partial charge in [0.15, 0.2) is 5.76 Å². The van der Waals surface area contributed by atoms with Gasteiger partial charge in [0.1, 0.15) is 4.92 Å². The number of hydrogen-bond donors (Lipinski definition) is 2. The Bertz CT molecular complexity index is 1040. The fourth-order valence-electron chi connectivity index (χ4n) is 3.65. The average molecular weight is 416 g/mol. The predicted octanol–water partition coefficient (Wildman–Crippen LogP) is 3.64. The van der Waals surface area contributed by atoms with Gasteiger partial charge in [0.2, 0.25) is 4.99 Å².